The lowest BCUT2D eigenvalue weighted by molar-refractivity contribution is -0.167. The summed E-state index contributed by atoms with van der Waals surface area (Å²) < 4.78 is 36.2. The summed E-state index contributed by atoms with van der Waals surface area (Å²) in [6.07, 6.45) is -5.05. The van der Waals surface area contributed by atoms with E-state index in [-0.39, 0.29) is 16.6 Å². The van der Waals surface area contributed by atoms with E-state index in [1.807, 2.05) is 0 Å². The van der Waals surface area contributed by atoms with Crippen molar-refractivity contribution in [3.05, 3.63) is 23.8 Å². The minimum Gasteiger partial charge on any atom is -0.478 e. The quantitative estimate of drug-likeness (QED) is 0.777. The number of nitrogens with one attached hydrogen (secondary N) is 2. The molecule has 1 amide bonds. The zero-order chi connectivity index (χ0) is 14.2. The molecule has 0 atom stereocenters. The van der Waals surface area contributed by atoms with Gasteiger partial charge < -0.3 is 10.1 Å². The van der Waals surface area contributed by atoms with Gasteiger partial charge in [0, 0.05) is 0 Å². The van der Waals surface area contributed by atoms with Gasteiger partial charge in [0.1, 0.15) is 5.52 Å². The molecular formula is C10H6F3N3O3. The zero-order valence-electron chi connectivity index (χ0n) is 9.08. The first-order chi connectivity index (χ1) is 8.79. The number of anilines is 1. The van der Waals surface area contributed by atoms with E-state index in [9.17, 15) is 22.8 Å². The van der Waals surface area contributed by atoms with Crippen molar-refractivity contribution >= 4 is 28.9 Å². The number of aromatic nitrogens is 2. The summed E-state index contributed by atoms with van der Waals surface area (Å²) in [5, 5.41) is 10.4. The number of carbonyl (C=O) groups excluding carboxylic acids is 1. The number of amides is 1. The summed E-state index contributed by atoms with van der Waals surface area (Å²) in [6, 6.07) is 4.08. The third-order valence-electron chi connectivity index (χ3n) is 2.23. The lowest BCUT2D eigenvalue weighted by atomic mass is 10.2. The summed E-state index contributed by atoms with van der Waals surface area (Å²) in [7, 11) is 0. The van der Waals surface area contributed by atoms with Gasteiger partial charge in [-0.25, -0.2) is 9.78 Å². The van der Waals surface area contributed by atoms with Crippen LogP contribution < -0.4 is 5.32 Å². The standard InChI is InChI=1S/C10H6F3N3O3/c11-10(12,13)8(19)16-9-14-5-3-1-2-4(7(17)18)6(5)15-9/h1-3H,(H,17,18)(H2,14,15,16,19). The van der Waals surface area contributed by atoms with E-state index >= 15 is 0 Å². The molecule has 0 radical (unpaired) electrons. The van der Waals surface area contributed by atoms with E-state index in [1.165, 1.54) is 23.5 Å². The van der Waals surface area contributed by atoms with Gasteiger partial charge in [-0.15, -0.1) is 0 Å². The average Bonchev–Trinajstić information content (AvgIpc) is 2.68. The summed E-state index contributed by atoms with van der Waals surface area (Å²) in [4.78, 5) is 27.6. The topological polar surface area (TPSA) is 95.1 Å². The molecule has 0 aliphatic heterocycles. The van der Waals surface area contributed by atoms with Crippen LogP contribution >= 0.6 is 0 Å². The molecule has 3 N–H and O–H groups in total. The molecule has 0 unspecified atom stereocenters. The lowest BCUT2D eigenvalue weighted by Gasteiger charge is -2.04. The summed E-state index contributed by atoms with van der Waals surface area (Å²) in [6.45, 7) is 0. The number of halogens is 3. The Morgan fingerprint density at radius 1 is 1.32 bits per heavy atom. The van der Waals surface area contributed by atoms with Gasteiger partial charge in [0.15, 0.2) is 0 Å². The minimum atomic E-state index is -5.05. The van der Waals surface area contributed by atoms with E-state index in [2.05, 4.69) is 9.97 Å². The van der Waals surface area contributed by atoms with Crippen LogP contribution in [0.15, 0.2) is 18.2 Å². The monoisotopic (exact) mass is 273 g/mol. The van der Waals surface area contributed by atoms with Crippen molar-refractivity contribution in [3.63, 3.8) is 0 Å². The molecule has 0 saturated heterocycles. The van der Waals surface area contributed by atoms with Crippen molar-refractivity contribution in [2.75, 3.05) is 5.32 Å². The van der Waals surface area contributed by atoms with Gasteiger partial charge in [0.25, 0.3) is 0 Å². The number of hydrogen-bond donors (Lipinski definition) is 3. The smallest absolute Gasteiger partial charge is 0.471 e. The number of rotatable bonds is 2. The highest BCUT2D eigenvalue weighted by molar-refractivity contribution is 6.02. The molecule has 0 aliphatic carbocycles. The maximum Gasteiger partial charge on any atom is 0.471 e. The number of aromatic carboxylic acids is 1. The van der Waals surface area contributed by atoms with Crippen LogP contribution in [0.2, 0.25) is 0 Å². The van der Waals surface area contributed by atoms with E-state index in [4.69, 9.17) is 5.11 Å². The fourth-order valence-corrected chi connectivity index (χ4v) is 1.44. The third-order valence-corrected chi connectivity index (χ3v) is 2.23. The number of alkyl halides is 3. The Hall–Kier alpha value is -2.58. The van der Waals surface area contributed by atoms with Crippen LogP contribution in [-0.4, -0.2) is 33.1 Å². The first kappa shape index (κ1) is 12.9. The Labute approximate surface area is 103 Å². The van der Waals surface area contributed by atoms with Crippen molar-refractivity contribution < 1.29 is 27.9 Å². The second-order valence-corrected chi connectivity index (χ2v) is 3.54. The van der Waals surface area contributed by atoms with Gasteiger partial charge in [-0.05, 0) is 12.1 Å². The fourth-order valence-electron chi connectivity index (χ4n) is 1.44. The Balaban J connectivity index is 2.40. The second-order valence-electron chi connectivity index (χ2n) is 3.54. The van der Waals surface area contributed by atoms with Crippen LogP contribution in [0, 0.1) is 0 Å². The van der Waals surface area contributed by atoms with Crippen molar-refractivity contribution in [2.45, 2.75) is 6.18 Å². The maximum atomic E-state index is 12.1. The normalized spacial score (nSPS) is 11.5. The molecule has 1 heterocycles. The van der Waals surface area contributed by atoms with Gasteiger partial charge in [0.2, 0.25) is 5.95 Å². The van der Waals surface area contributed by atoms with Crippen molar-refractivity contribution in [2.24, 2.45) is 0 Å². The molecule has 19 heavy (non-hydrogen) atoms. The molecule has 1 aromatic carbocycles. The van der Waals surface area contributed by atoms with Crippen molar-refractivity contribution in [3.8, 4) is 0 Å². The first-order valence-corrected chi connectivity index (χ1v) is 4.89. The van der Waals surface area contributed by atoms with E-state index in [0.717, 1.165) is 0 Å². The number of nitrogens with zero attached hydrogens (tertiary/aromatic N) is 1. The lowest BCUT2D eigenvalue weighted by Crippen LogP contribution is -2.30. The molecule has 6 nitrogen and oxygen atoms in total. The molecule has 0 saturated carbocycles. The van der Waals surface area contributed by atoms with Crippen LogP contribution in [0.4, 0.5) is 19.1 Å². The number of H-pyrrole nitrogens is 1. The number of benzene rings is 1. The highest BCUT2D eigenvalue weighted by Gasteiger charge is 2.39. The minimum absolute atomic E-state index is 0.0347. The summed E-state index contributed by atoms with van der Waals surface area (Å²) >= 11 is 0. The Kier molecular flexibility index (Phi) is 2.89. The predicted molar refractivity (Wildman–Crippen MR) is 57.7 cm³/mol. The Morgan fingerprint density at radius 2 is 2.00 bits per heavy atom. The number of imidazole rings is 1. The van der Waals surface area contributed by atoms with Crippen LogP contribution in [0.1, 0.15) is 10.4 Å². The van der Waals surface area contributed by atoms with Crippen LogP contribution in [0.25, 0.3) is 11.0 Å². The third kappa shape index (κ3) is 2.49. The summed E-state index contributed by atoms with van der Waals surface area (Å²) in [5.74, 6) is -3.93. The molecule has 2 aromatic rings. The molecule has 100 valence electrons. The van der Waals surface area contributed by atoms with Crippen LogP contribution in [0.5, 0.6) is 0 Å². The molecule has 2 rings (SSSR count). The van der Waals surface area contributed by atoms with Crippen LogP contribution in [0.3, 0.4) is 0 Å². The predicted octanol–water partition coefficient (Wildman–Crippen LogP) is 1.76. The SMILES string of the molecule is O=C(O)c1cccc2[nH]c(NC(=O)C(F)(F)F)nc12. The molecule has 0 aliphatic rings. The fraction of sp³-hybridized carbons (Fsp3) is 0.100. The van der Waals surface area contributed by atoms with E-state index in [1.54, 1.807) is 0 Å². The van der Waals surface area contributed by atoms with E-state index < -0.39 is 24.0 Å². The molecule has 9 heteroatoms. The van der Waals surface area contributed by atoms with Crippen LogP contribution in [-0.2, 0) is 4.79 Å². The molecule has 0 spiro atoms. The van der Waals surface area contributed by atoms with E-state index in [0.29, 0.717) is 0 Å². The highest BCUT2D eigenvalue weighted by Crippen LogP contribution is 2.21. The van der Waals surface area contributed by atoms with Gasteiger partial charge in [-0.2, -0.15) is 13.2 Å². The number of carboxylic acid groups (broad SMARTS) is 1. The van der Waals surface area contributed by atoms with Crippen molar-refractivity contribution in [1.82, 2.24) is 9.97 Å². The first-order valence-electron chi connectivity index (χ1n) is 4.89. The maximum absolute atomic E-state index is 12.1. The number of para-hydroxylation sites is 1. The molecular weight excluding hydrogens is 267 g/mol. The van der Waals surface area contributed by atoms with Gasteiger partial charge >= 0.3 is 18.1 Å². The zero-order valence-corrected chi connectivity index (χ0v) is 9.08. The number of carbonyl (C=O) groups is 2. The number of fused-ring (bicyclic) bond motifs is 1. The second kappa shape index (κ2) is 4.26. The molecule has 1 aromatic heterocycles. The highest BCUT2D eigenvalue weighted by atomic mass is 19.4. The summed E-state index contributed by atoms with van der Waals surface area (Å²) in [5.41, 5.74) is -0.00823. The van der Waals surface area contributed by atoms with Gasteiger partial charge in [-0.1, -0.05) is 6.07 Å². The Morgan fingerprint density at radius 3 is 2.58 bits per heavy atom. The number of aromatic amines is 1. The van der Waals surface area contributed by atoms with Gasteiger partial charge in [0.05, 0.1) is 11.1 Å². The number of hydrogen-bond acceptors (Lipinski definition) is 3. The largest absolute Gasteiger partial charge is 0.478 e. The van der Waals surface area contributed by atoms with Gasteiger partial charge in [-0.3, -0.25) is 10.1 Å². The average molecular weight is 273 g/mol. The number of carboxylic acids is 1. The van der Waals surface area contributed by atoms with Crippen molar-refractivity contribution in [1.29, 1.82) is 0 Å². The molecule has 0 bridgehead atoms. The molecule has 0 fully saturated rings. The Bertz CT molecular complexity index is 663.